The van der Waals surface area contributed by atoms with Crippen LogP contribution in [0.25, 0.3) is 0 Å². The molecular weight excluding hydrogens is 437 g/mol. The molecule has 1 aromatic heterocycles. The Bertz CT molecular complexity index is 1010. The number of nitrogens with one attached hydrogen (secondary N) is 3. The second-order valence-electron chi connectivity index (χ2n) is 6.38. The molecule has 1 heterocycles. The molecule has 2 amide bonds. The summed E-state index contributed by atoms with van der Waals surface area (Å²) in [5.41, 5.74) is 8.01. The number of carbonyl (C=O) groups is 4. The van der Waals surface area contributed by atoms with E-state index in [1.54, 1.807) is 4.98 Å². The number of hydrogen-bond acceptors (Lipinski definition) is 7. The lowest BCUT2D eigenvalue weighted by molar-refractivity contribution is -0.147. The van der Waals surface area contributed by atoms with E-state index in [0.29, 0.717) is 10.8 Å². The minimum atomic E-state index is -1.73. The maximum Gasteiger partial charge on any atom is 0.329 e. The number of aliphatic carboxylic acids is 2. The molecule has 0 spiro atoms. The first-order chi connectivity index (χ1) is 14.9. The Morgan fingerprint density at radius 3 is 2.44 bits per heavy atom. The predicted octanol–water partition coefficient (Wildman–Crippen LogP) is -3.57. The molecule has 0 saturated carbocycles. The van der Waals surface area contributed by atoms with Crippen molar-refractivity contribution in [2.45, 2.75) is 31.3 Å². The molecule has 0 aliphatic rings. The smallest absolute Gasteiger partial charge is 0.329 e. The first-order valence-electron chi connectivity index (χ1n) is 9.00. The molecular formula is C16H22FN7O8. The summed E-state index contributed by atoms with van der Waals surface area (Å²) in [4.78, 5) is 74.8. The molecule has 0 radical (unpaired) electrons. The highest BCUT2D eigenvalue weighted by Crippen LogP contribution is 2.12. The maximum atomic E-state index is 13.7. The van der Waals surface area contributed by atoms with Crippen LogP contribution in [0, 0.1) is 5.82 Å². The first kappa shape index (κ1) is 25.8. The number of nitrogens with zero attached hydrogens (tertiary/aromatic N) is 2. The summed E-state index contributed by atoms with van der Waals surface area (Å²) in [7, 11) is 0. The molecule has 0 aliphatic carbocycles. The lowest BCUT2D eigenvalue weighted by Gasteiger charge is -2.19. The third kappa shape index (κ3) is 8.25. The molecule has 15 nitrogen and oxygen atoms in total. The summed E-state index contributed by atoms with van der Waals surface area (Å²) in [6.45, 7) is -0.712. The molecule has 0 saturated heterocycles. The highest BCUT2D eigenvalue weighted by molar-refractivity contribution is 5.90. The van der Waals surface area contributed by atoms with Crippen LogP contribution in [0.4, 0.5) is 4.39 Å². The van der Waals surface area contributed by atoms with Crippen molar-refractivity contribution in [2.75, 3.05) is 13.1 Å². The van der Waals surface area contributed by atoms with Gasteiger partial charge in [0.15, 0.2) is 5.96 Å². The Morgan fingerprint density at radius 1 is 1.22 bits per heavy atom. The van der Waals surface area contributed by atoms with Crippen LogP contribution >= 0.6 is 0 Å². The van der Waals surface area contributed by atoms with E-state index in [-0.39, 0.29) is 25.3 Å². The molecule has 32 heavy (non-hydrogen) atoms. The molecule has 0 aromatic carbocycles. The highest BCUT2D eigenvalue weighted by atomic mass is 19.1. The third-order valence-electron chi connectivity index (χ3n) is 3.93. The van der Waals surface area contributed by atoms with Crippen molar-refractivity contribution in [1.82, 2.24) is 20.2 Å². The van der Waals surface area contributed by atoms with Gasteiger partial charge in [-0.25, -0.2) is 9.59 Å². The summed E-state index contributed by atoms with van der Waals surface area (Å²) in [5, 5.41) is 21.7. The molecule has 1 rings (SSSR count). The van der Waals surface area contributed by atoms with Crippen molar-refractivity contribution in [2.24, 2.45) is 16.5 Å². The standard InChI is InChI=1S/C16H22FN7O8/c17-7-6-24(16(32)23-12(7)28)9(2-1-3-20-15(18)19)13(29)21-5-10(25)22-8(14(30)31)4-11(26)27/h6,8-9H,1-5H2,(H,21,29)(H,22,25)(H,26,27)(H,30,31)(H4,18,19,20)(H,23,28,32)/t8-,9-/m0/s1. The Morgan fingerprint density at radius 2 is 1.88 bits per heavy atom. The summed E-state index contributed by atoms with van der Waals surface area (Å²) >= 11 is 0. The van der Waals surface area contributed by atoms with Crippen molar-refractivity contribution in [3.63, 3.8) is 0 Å². The summed E-state index contributed by atoms with van der Waals surface area (Å²) in [6.07, 6.45) is -0.324. The monoisotopic (exact) mass is 459 g/mol. The minimum Gasteiger partial charge on any atom is -0.481 e. The number of carboxylic acids is 2. The number of aliphatic imine (C=N–C) groups is 1. The normalized spacial score (nSPS) is 12.3. The molecule has 0 bridgehead atoms. The number of rotatable bonds is 12. The molecule has 0 aliphatic heterocycles. The number of nitrogens with two attached hydrogens (primary N) is 2. The van der Waals surface area contributed by atoms with Crippen molar-refractivity contribution in [1.29, 1.82) is 0 Å². The molecule has 0 fully saturated rings. The van der Waals surface area contributed by atoms with E-state index in [0.717, 1.165) is 0 Å². The van der Waals surface area contributed by atoms with E-state index in [9.17, 15) is 33.2 Å². The van der Waals surface area contributed by atoms with Gasteiger partial charge < -0.3 is 32.3 Å². The van der Waals surface area contributed by atoms with Crippen LogP contribution < -0.4 is 33.3 Å². The average molecular weight is 459 g/mol. The summed E-state index contributed by atoms with van der Waals surface area (Å²) < 4.78 is 14.3. The zero-order valence-electron chi connectivity index (χ0n) is 16.5. The van der Waals surface area contributed by atoms with Gasteiger partial charge in [0.25, 0.3) is 5.56 Å². The van der Waals surface area contributed by atoms with E-state index < -0.39 is 65.9 Å². The fourth-order valence-electron chi connectivity index (χ4n) is 2.49. The van der Waals surface area contributed by atoms with Gasteiger partial charge in [0.05, 0.1) is 19.2 Å². The number of guanidine groups is 1. The fourth-order valence-corrected chi connectivity index (χ4v) is 2.49. The largest absolute Gasteiger partial charge is 0.481 e. The molecule has 2 atom stereocenters. The molecule has 176 valence electrons. The van der Waals surface area contributed by atoms with E-state index in [4.69, 9.17) is 21.7 Å². The quantitative estimate of drug-likeness (QED) is 0.0919. The number of carboxylic acid groups (broad SMARTS) is 2. The van der Waals surface area contributed by atoms with Crippen LogP contribution in [0.15, 0.2) is 20.8 Å². The number of aromatic amines is 1. The van der Waals surface area contributed by atoms with Crippen LogP contribution in [0.3, 0.4) is 0 Å². The predicted molar refractivity (Wildman–Crippen MR) is 105 cm³/mol. The van der Waals surface area contributed by atoms with Crippen molar-refractivity contribution >= 4 is 29.7 Å². The summed E-state index contributed by atoms with van der Waals surface area (Å²) in [5.74, 6) is -6.58. The Kier molecular flexibility index (Phi) is 9.53. The lowest BCUT2D eigenvalue weighted by atomic mass is 10.1. The number of carbonyl (C=O) groups excluding carboxylic acids is 2. The van der Waals surface area contributed by atoms with Gasteiger partial charge in [-0.1, -0.05) is 0 Å². The molecule has 16 heteroatoms. The Labute approximate surface area is 178 Å². The molecule has 9 N–H and O–H groups in total. The van der Waals surface area contributed by atoms with E-state index in [2.05, 4.69) is 10.3 Å². The van der Waals surface area contributed by atoms with Gasteiger partial charge >= 0.3 is 17.6 Å². The lowest BCUT2D eigenvalue weighted by Crippen LogP contribution is -2.48. The number of H-pyrrole nitrogens is 1. The zero-order valence-corrected chi connectivity index (χ0v) is 16.5. The second kappa shape index (κ2) is 11.8. The number of hydrogen-bond donors (Lipinski definition) is 7. The highest BCUT2D eigenvalue weighted by Gasteiger charge is 2.25. The zero-order chi connectivity index (χ0) is 24.4. The van der Waals surface area contributed by atoms with Crippen molar-refractivity contribution in [3.05, 3.63) is 32.9 Å². The SMILES string of the molecule is NC(N)=NCCC[C@@H](C(=O)NCC(=O)N[C@@H](CC(=O)O)C(=O)O)n1cc(F)c(=O)[nH]c1=O. The molecule has 1 aromatic rings. The average Bonchev–Trinajstić information content (AvgIpc) is 2.68. The minimum absolute atomic E-state index is 0.0582. The van der Waals surface area contributed by atoms with Crippen molar-refractivity contribution < 1.29 is 33.8 Å². The Balaban J connectivity index is 2.95. The van der Waals surface area contributed by atoms with Crippen LogP contribution in [-0.2, 0) is 19.2 Å². The van der Waals surface area contributed by atoms with Gasteiger partial charge in [0.1, 0.15) is 12.1 Å². The van der Waals surface area contributed by atoms with Gasteiger partial charge in [0, 0.05) is 6.54 Å². The van der Waals surface area contributed by atoms with Crippen LogP contribution in [0.1, 0.15) is 25.3 Å². The number of halogens is 1. The van der Waals surface area contributed by atoms with Gasteiger partial charge in [-0.15, -0.1) is 0 Å². The van der Waals surface area contributed by atoms with Gasteiger partial charge in [-0.05, 0) is 12.8 Å². The topological polar surface area (TPSA) is 252 Å². The fraction of sp³-hybridized carbons (Fsp3) is 0.438. The van der Waals surface area contributed by atoms with E-state index in [1.807, 2.05) is 5.32 Å². The number of amides is 2. The van der Waals surface area contributed by atoms with Crippen molar-refractivity contribution in [3.8, 4) is 0 Å². The van der Waals surface area contributed by atoms with Crippen LogP contribution in [-0.4, -0.2) is 68.6 Å². The number of aromatic nitrogens is 2. The maximum absolute atomic E-state index is 13.7. The van der Waals surface area contributed by atoms with Gasteiger partial charge in [0.2, 0.25) is 17.6 Å². The second-order valence-corrected chi connectivity index (χ2v) is 6.38. The van der Waals surface area contributed by atoms with Gasteiger partial charge in [-0.3, -0.25) is 33.7 Å². The van der Waals surface area contributed by atoms with E-state index in [1.165, 1.54) is 0 Å². The third-order valence-corrected chi connectivity index (χ3v) is 3.93. The first-order valence-corrected chi connectivity index (χ1v) is 9.00. The van der Waals surface area contributed by atoms with E-state index >= 15 is 0 Å². The van der Waals surface area contributed by atoms with Gasteiger partial charge in [-0.2, -0.15) is 4.39 Å². The van der Waals surface area contributed by atoms with Crippen LogP contribution in [0.5, 0.6) is 0 Å². The summed E-state index contributed by atoms with van der Waals surface area (Å²) in [6, 6.07) is -3.12. The molecule has 0 unspecified atom stereocenters. The Hall–Kier alpha value is -4.24. The van der Waals surface area contributed by atoms with Crippen LogP contribution in [0.2, 0.25) is 0 Å².